The molecule has 5 nitrogen and oxygen atoms in total. The van der Waals surface area contributed by atoms with Gasteiger partial charge in [-0.05, 0) is 13.8 Å². The van der Waals surface area contributed by atoms with Gasteiger partial charge in [-0.2, -0.15) is 5.26 Å². The van der Waals surface area contributed by atoms with Crippen LogP contribution >= 0.6 is 7.60 Å². The lowest BCUT2D eigenvalue weighted by atomic mass is 10.5. The van der Waals surface area contributed by atoms with Crippen molar-refractivity contribution >= 4 is 7.60 Å². The van der Waals surface area contributed by atoms with E-state index in [0.29, 0.717) is 38.9 Å². The number of nitriles is 1. The van der Waals surface area contributed by atoms with Crippen LogP contribution in [-0.4, -0.2) is 32.5 Å². The molecule has 0 aromatic heterocycles. The van der Waals surface area contributed by atoms with Crippen LogP contribution in [0.25, 0.3) is 0 Å². The first kappa shape index (κ1) is 14.6. The van der Waals surface area contributed by atoms with Crippen molar-refractivity contribution in [3.05, 3.63) is 0 Å². The number of nitrogens with one attached hydrogen (secondary N) is 1. The van der Waals surface area contributed by atoms with E-state index < -0.39 is 7.60 Å². The van der Waals surface area contributed by atoms with Gasteiger partial charge in [-0.3, -0.25) is 4.57 Å². The van der Waals surface area contributed by atoms with Crippen LogP contribution in [0.3, 0.4) is 0 Å². The van der Waals surface area contributed by atoms with Crippen molar-refractivity contribution in [2.24, 2.45) is 0 Å². The molecule has 0 bridgehead atoms. The van der Waals surface area contributed by atoms with Crippen LogP contribution < -0.4 is 5.32 Å². The molecule has 0 spiro atoms. The smallest absolute Gasteiger partial charge is 0.315 e. The molecule has 0 atom stereocenters. The van der Waals surface area contributed by atoms with Crippen molar-refractivity contribution in [1.29, 1.82) is 5.26 Å². The second kappa shape index (κ2) is 8.87. The Balaban J connectivity index is 3.76. The monoisotopic (exact) mass is 234 g/mol. The van der Waals surface area contributed by atoms with Gasteiger partial charge >= 0.3 is 7.60 Å². The summed E-state index contributed by atoms with van der Waals surface area (Å²) in [7, 11) is -2.91. The molecule has 0 rings (SSSR count). The molecule has 15 heavy (non-hydrogen) atoms. The van der Waals surface area contributed by atoms with E-state index in [2.05, 4.69) is 5.32 Å². The van der Waals surface area contributed by atoms with Gasteiger partial charge in [0.25, 0.3) is 0 Å². The van der Waals surface area contributed by atoms with Gasteiger partial charge in [-0.1, -0.05) is 0 Å². The predicted molar refractivity (Wildman–Crippen MR) is 58.8 cm³/mol. The van der Waals surface area contributed by atoms with Crippen molar-refractivity contribution in [3.8, 4) is 6.07 Å². The van der Waals surface area contributed by atoms with Crippen molar-refractivity contribution in [2.45, 2.75) is 20.3 Å². The zero-order valence-electron chi connectivity index (χ0n) is 9.36. The normalized spacial score (nSPS) is 11.3. The molecular formula is C9H19N2O3P. The van der Waals surface area contributed by atoms with Crippen molar-refractivity contribution in [3.63, 3.8) is 0 Å². The first-order chi connectivity index (χ1) is 7.18. The molecule has 6 heteroatoms. The van der Waals surface area contributed by atoms with E-state index in [1.54, 1.807) is 13.8 Å². The maximum absolute atomic E-state index is 11.9. The lowest BCUT2D eigenvalue weighted by Gasteiger charge is -2.16. The summed E-state index contributed by atoms with van der Waals surface area (Å²) in [6.45, 7) is 5.49. The lowest BCUT2D eigenvalue weighted by molar-refractivity contribution is 0.220. The van der Waals surface area contributed by atoms with Crippen LogP contribution in [0.2, 0.25) is 0 Å². The molecule has 0 saturated heterocycles. The van der Waals surface area contributed by atoms with E-state index in [9.17, 15) is 4.57 Å². The highest BCUT2D eigenvalue weighted by atomic mass is 31.2. The Kier molecular flexibility index (Phi) is 8.64. The highest BCUT2D eigenvalue weighted by molar-refractivity contribution is 7.53. The second-order valence-corrected chi connectivity index (χ2v) is 5.01. The van der Waals surface area contributed by atoms with Gasteiger partial charge in [0.1, 0.15) is 0 Å². The van der Waals surface area contributed by atoms with Gasteiger partial charge < -0.3 is 14.4 Å². The summed E-state index contributed by atoms with van der Waals surface area (Å²) in [5, 5.41) is 11.3. The largest absolute Gasteiger partial charge is 0.331 e. The summed E-state index contributed by atoms with van der Waals surface area (Å²) in [5.41, 5.74) is 0. The zero-order chi connectivity index (χ0) is 11.6. The molecule has 0 radical (unpaired) electrons. The Morgan fingerprint density at radius 2 is 1.87 bits per heavy atom. The third-order valence-electron chi connectivity index (χ3n) is 1.63. The van der Waals surface area contributed by atoms with Crippen LogP contribution in [0.5, 0.6) is 0 Å². The first-order valence-corrected chi connectivity index (χ1v) is 6.87. The average Bonchev–Trinajstić information content (AvgIpc) is 2.18. The van der Waals surface area contributed by atoms with Crippen molar-refractivity contribution in [2.75, 3.05) is 32.5 Å². The van der Waals surface area contributed by atoms with E-state index >= 15 is 0 Å². The number of hydrogen-bond acceptors (Lipinski definition) is 5. The molecule has 0 heterocycles. The fourth-order valence-electron chi connectivity index (χ4n) is 1.05. The quantitative estimate of drug-likeness (QED) is 0.486. The fourth-order valence-corrected chi connectivity index (χ4v) is 2.60. The van der Waals surface area contributed by atoms with Gasteiger partial charge in [-0.15, -0.1) is 0 Å². The molecule has 0 aromatic carbocycles. The summed E-state index contributed by atoms with van der Waals surface area (Å²) in [4.78, 5) is 0. The molecular weight excluding hydrogens is 215 g/mol. The highest BCUT2D eigenvalue weighted by Crippen LogP contribution is 2.47. The van der Waals surface area contributed by atoms with Gasteiger partial charge in [0.05, 0.1) is 25.4 Å². The third-order valence-corrected chi connectivity index (χ3v) is 3.70. The van der Waals surface area contributed by atoms with Crippen LogP contribution in [0.15, 0.2) is 0 Å². The maximum Gasteiger partial charge on any atom is 0.331 e. The molecule has 1 N–H and O–H groups in total. The summed E-state index contributed by atoms with van der Waals surface area (Å²) in [6.07, 6.45) is 0.799. The molecule has 0 aliphatic carbocycles. The Labute approximate surface area is 91.3 Å². The Morgan fingerprint density at radius 3 is 2.33 bits per heavy atom. The van der Waals surface area contributed by atoms with E-state index in [0.717, 1.165) is 0 Å². The minimum Gasteiger partial charge on any atom is -0.315 e. The Morgan fingerprint density at radius 1 is 1.27 bits per heavy atom. The molecule has 0 aliphatic rings. The van der Waals surface area contributed by atoms with Gasteiger partial charge in [0, 0.05) is 19.5 Å². The fraction of sp³-hybridized carbons (Fsp3) is 0.889. The number of hydrogen-bond donors (Lipinski definition) is 1. The number of nitrogens with zero attached hydrogens (tertiary/aromatic N) is 1. The van der Waals surface area contributed by atoms with Crippen LogP contribution in [0, 0.1) is 11.3 Å². The third kappa shape index (κ3) is 7.52. The van der Waals surface area contributed by atoms with Crippen LogP contribution in [0.1, 0.15) is 20.3 Å². The SMILES string of the molecule is CCOP(=O)(CCNCCC#N)OCC. The molecule has 0 saturated carbocycles. The second-order valence-electron chi connectivity index (χ2n) is 2.83. The standard InChI is InChI=1S/C9H19N2O3P/c1-3-13-15(12,14-4-2)9-8-11-7-5-6-10/h11H,3-5,7-9H2,1-2H3. The number of rotatable bonds is 9. The molecule has 0 unspecified atom stereocenters. The summed E-state index contributed by atoms with van der Waals surface area (Å²) >= 11 is 0. The van der Waals surface area contributed by atoms with E-state index in [-0.39, 0.29) is 0 Å². The first-order valence-electron chi connectivity index (χ1n) is 5.14. The molecule has 0 aromatic rings. The minimum atomic E-state index is -2.91. The van der Waals surface area contributed by atoms with Crippen LogP contribution in [0.4, 0.5) is 0 Å². The topological polar surface area (TPSA) is 71.3 Å². The van der Waals surface area contributed by atoms with E-state index in [1.165, 1.54) is 0 Å². The van der Waals surface area contributed by atoms with E-state index in [4.69, 9.17) is 14.3 Å². The zero-order valence-corrected chi connectivity index (χ0v) is 10.3. The van der Waals surface area contributed by atoms with Crippen molar-refractivity contribution in [1.82, 2.24) is 5.32 Å². The van der Waals surface area contributed by atoms with E-state index in [1.807, 2.05) is 6.07 Å². The summed E-state index contributed by atoms with van der Waals surface area (Å²) < 4.78 is 22.1. The van der Waals surface area contributed by atoms with Gasteiger partial charge in [0.15, 0.2) is 0 Å². The maximum atomic E-state index is 11.9. The molecule has 0 fully saturated rings. The summed E-state index contributed by atoms with van der Waals surface area (Å²) in [6, 6.07) is 2.02. The molecule has 0 amide bonds. The van der Waals surface area contributed by atoms with Gasteiger partial charge in [-0.25, -0.2) is 0 Å². The Hall–Kier alpha value is -0.400. The van der Waals surface area contributed by atoms with Gasteiger partial charge in [0.2, 0.25) is 0 Å². The lowest BCUT2D eigenvalue weighted by Crippen LogP contribution is -2.20. The highest BCUT2D eigenvalue weighted by Gasteiger charge is 2.22. The average molecular weight is 234 g/mol. The minimum absolute atomic E-state index is 0.347. The molecule has 88 valence electrons. The Bertz CT molecular complexity index is 230. The van der Waals surface area contributed by atoms with Crippen LogP contribution in [-0.2, 0) is 13.6 Å². The summed E-state index contributed by atoms with van der Waals surface area (Å²) in [5.74, 6) is 0. The van der Waals surface area contributed by atoms with Crippen molar-refractivity contribution < 1.29 is 13.6 Å². The molecule has 0 aliphatic heterocycles. The predicted octanol–water partition coefficient (Wildman–Crippen LogP) is 1.76.